The highest BCUT2D eigenvalue weighted by Gasteiger charge is 1.97. The molecule has 0 atom stereocenters. The molecule has 3 nitrogen and oxygen atoms in total. The summed E-state index contributed by atoms with van der Waals surface area (Å²) >= 11 is 11.6. The van der Waals surface area contributed by atoms with Gasteiger partial charge in [-0.15, -0.1) is 0 Å². The SMILES string of the molecule is COC(=O)OC/C=C/c1cc(Cl)cc(Cl)c1. The van der Waals surface area contributed by atoms with Crippen LogP contribution in [0.5, 0.6) is 0 Å². The van der Waals surface area contributed by atoms with Crippen molar-refractivity contribution in [3.63, 3.8) is 0 Å². The molecule has 0 N–H and O–H groups in total. The molecule has 1 aromatic rings. The van der Waals surface area contributed by atoms with Crippen LogP contribution >= 0.6 is 23.2 Å². The van der Waals surface area contributed by atoms with Gasteiger partial charge in [-0.05, 0) is 29.8 Å². The molecule has 0 amide bonds. The number of halogens is 2. The Balaban J connectivity index is 2.53. The number of ether oxygens (including phenoxy) is 2. The molecular formula is C11H10Cl2O3. The predicted molar refractivity (Wildman–Crippen MR) is 63.9 cm³/mol. The van der Waals surface area contributed by atoms with Crippen LogP contribution in [-0.2, 0) is 9.47 Å². The Hall–Kier alpha value is -1.19. The van der Waals surface area contributed by atoms with Gasteiger partial charge in [-0.1, -0.05) is 29.3 Å². The van der Waals surface area contributed by atoms with E-state index in [4.69, 9.17) is 23.2 Å². The molecule has 0 spiro atoms. The normalized spacial score (nSPS) is 10.4. The fourth-order valence-corrected chi connectivity index (χ4v) is 1.57. The Morgan fingerprint density at radius 2 is 1.94 bits per heavy atom. The van der Waals surface area contributed by atoms with Crippen LogP contribution < -0.4 is 0 Å². The summed E-state index contributed by atoms with van der Waals surface area (Å²) in [5.41, 5.74) is 0.839. The van der Waals surface area contributed by atoms with E-state index in [0.29, 0.717) is 10.0 Å². The topological polar surface area (TPSA) is 35.5 Å². The second-order valence-corrected chi connectivity index (χ2v) is 3.74. The third-order valence-corrected chi connectivity index (χ3v) is 2.10. The standard InChI is InChI=1S/C11H10Cl2O3/c1-15-11(14)16-4-2-3-8-5-9(12)7-10(13)6-8/h2-3,5-7H,4H2,1H3/b3-2+. The number of methoxy groups -OCH3 is 1. The third-order valence-electron chi connectivity index (χ3n) is 1.66. The lowest BCUT2D eigenvalue weighted by Gasteiger charge is -1.99. The van der Waals surface area contributed by atoms with Crippen molar-refractivity contribution < 1.29 is 14.3 Å². The molecule has 0 fully saturated rings. The first-order valence-electron chi connectivity index (χ1n) is 4.45. The third kappa shape index (κ3) is 4.55. The lowest BCUT2D eigenvalue weighted by molar-refractivity contribution is 0.0819. The Kier molecular flexibility index (Phi) is 5.15. The number of carbonyl (C=O) groups excluding carboxylic acids is 1. The van der Waals surface area contributed by atoms with Crippen LogP contribution in [0, 0.1) is 0 Å². The molecule has 0 radical (unpaired) electrons. The lowest BCUT2D eigenvalue weighted by atomic mass is 10.2. The van der Waals surface area contributed by atoms with E-state index < -0.39 is 6.16 Å². The average Bonchev–Trinajstić information content (AvgIpc) is 2.22. The summed E-state index contributed by atoms with van der Waals surface area (Å²) in [6.45, 7) is 0.136. The quantitative estimate of drug-likeness (QED) is 0.776. The van der Waals surface area contributed by atoms with Gasteiger partial charge in [0.05, 0.1) is 7.11 Å². The largest absolute Gasteiger partial charge is 0.508 e. The van der Waals surface area contributed by atoms with Crippen LogP contribution in [0.4, 0.5) is 4.79 Å². The van der Waals surface area contributed by atoms with Gasteiger partial charge in [-0.3, -0.25) is 0 Å². The zero-order valence-electron chi connectivity index (χ0n) is 8.57. The van der Waals surface area contributed by atoms with Gasteiger partial charge in [-0.2, -0.15) is 0 Å². The molecule has 1 aromatic carbocycles. The second kappa shape index (κ2) is 6.40. The maximum Gasteiger partial charge on any atom is 0.508 e. The van der Waals surface area contributed by atoms with Crippen LogP contribution in [0.1, 0.15) is 5.56 Å². The number of hydrogen-bond donors (Lipinski definition) is 0. The lowest BCUT2D eigenvalue weighted by Crippen LogP contribution is -2.03. The van der Waals surface area contributed by atoms with E-state index in [-0.39, 0.29) is 6.61 Å². The van der Waals surface area contributed by atoms with Crippen molar-refractivity contribution >= 4 is 35.4 Å². The van der Waals surface area contributed by atoms with E-state index in [0.717, 1.165) is 5.56 Å². The molecule has 0 aliphatic heterocycles. The van der Waals surface area contributed by atoms with Crippen LogP contribution in [0.3, 0.4) is 0 Å². The molecule has 1 rings (SSSR count). The van der Waals surface area contributed by atoms with Gasteiger partial charge in [0, 0.05) is 10.0 Å². The Labute approximate surface area is 104 Å². The summed E-state index contributed by atoms with van der Waals surface area (Å²) in [6, 6.07) is 5.15. The molecule has 0 saturated carbocycles. The summed E-state index contributed by atoms with van der Waals surface area (Å²) < 4.78 is 8.96. The zero-order chi connectivity index (χ0) is 12.0. The number of hydrogen-bond acceptors (Lipinski definition) is 3. The van der Waals surface area contributed by atoms with E-state index in [2.05, 4.69) is 9.47 Å². The predicted octanol–water partition coefficient (Wildman–Crippen LogP) is 3.79. The average molecular weight is 261 g/mol. The minimum absolute atomic E-state index is 0.136. The van der Waals surface area contributed by atoms with E-state index in [1.807, 2.05) is 0 Å². The molecule has 0 aliphatic rings. The fourth-order valence-electron chi connectivity index (χ4n) is 1.03. The van der Waals surface area contributed by atoms with Gasteiger partial charge < -0.3 is 9.47 Å². The number of benzene rings is 1. The van der Waals surface area contributed by atoms with Gasteiger partial charge in [0.2, 0.25) is 0 Å². The maximum atomic E-state index is 10.6. The van der Waals surface area contributed by atoms with E-state index in [1.54, 1.807) is 30.4 Å². The highest BCUT2D eigenvalue weighted by Crippen LogP contribution is 2.19. The van der Waals surface area contributed by atoms with E-state index >= 15 is 0 Å². The van der Waals surface area contributed by atoms with Crippen LogP contribution in [0.2, 0.25) is 10.0 Å². The number of carbonyl (C=O) groups is 1. The minimum atomic E-state index is -0.714. The van der Waals surface area contributed by atoms with Crippen molar-refractivity contribution in [2.75, 3.05) is 13.7 Å². The molecule has 0 heterocycles. The maximum absolute atomic E-state index is 10.6. The number of rotatable bonds is 3. The molecule has 5 heteroatoms. The van der Waals surface area contributed by atoms with Crippen molar-refractivity contribution in [2.45, 2.75) is 0 Å². The Morgan fingerprint density at radius 3 is 2.50 bits per heavy atom. The van der Waals surface area contributed by atoms with Crippen molar-refractivity contribution in [2.24, 2.45) is 0 Å². The smallest absolute Gasteiger partial charge is 0.438 e. The highest BCUT2D eigenvalue weighted by atomic mass is 35.5. The molecule has 0 unspecified atom stereocenters. The van der Waals surface area contributed by atoms with Crippen LogP contribution in [-0.4, -0.2) is 19.9 Å². The first-order chi connectivity index (χ1) is 7.61. The molecule has 0 bridgehead atoms. The van der Waals surface area contributed by atoms with E-state index in [9.17, 15) is 4.79 Å². The monoisotopic (exact) mass is 260 g/mol. The Morgan fingerprint density at radius 1 is 1.31 bits per heavy atom. The zero-order valence-corrected chi connectivity index (χ0v) is 10.1. The summed E-state index contributed by atoms with van der Waals surface area (Å²) in [4.78, 5) is 10.6. The minimum Gasteiger partial charge on any atom is -0.438 e. The van der Waals surface area contributed by atoms with E-state index in [1.165, 1.54) is 7.11 Å². The van der Waals surface area contributed by atoms with Gasteiger partial charge in [0.1, 0.15) is 6.61 Å². The van der Waals surface area contributed by atoms with Crippen molar-refractivity contribution in [1.29, 1.82) is 0 Å². The molecular weight excluding hydrogens is 251 g/mol. The van der Waals surface area contributed by atoms with Gasteiger partial charge >= 0.3 is 6.16 Å². The van der Waals surface area contributed by atoms with Crippen LogP contribution in [0.25, 0.3) is 6.08 Å². The molecule has 0 saturated heterocycles. The van der Waals surface area contributed by atoms with Crippen LogP contribution in [0.15, 0.2) is 24.3 Å². The highest BCUT2D eigenvalue weighted by molar-refractivity contribution is 6.34. The Bertz CT molecular complexity index is 382. The fraction of sp³-hybridized carbons (Fsp3) is 0.182. The first kappa shape index (κ1) is 12.9. The summed E-state index contributed by atoms with van der Waals surface area (Å²) in [5, 5.41) is 1.11. The molecule has 0 aromatic heterocycles. The van der Waals surface area contributed by atoms with Crippen molar-refractivity contribution in [1.82, 2.24) is 0 Å². The molecule has 16 heavy (non-hydrogen) atoms. The second-order valence-electron chi connectivity index (χ2n) is 2.87. The molecule has 86 valence electrons. The van der Waals surface area contributed by atoms with Crippen molar-refractivity contribution in [3.8, 4) is 0 Å². The first-order valence-corrected chi connectivity index (χ1v) is 5.21. The van der Waals surface area contributed by atoms with Gasteiger partial charge in [0.25, 0.3) is 0 Å². The van der Waals surface area contributed by atoms with Gasteiger partial charge in [0.15, 0.2) is 0 Å². The summed E-state index contributed by atoms with van der Waals surface area (Å²) in [7, 11) is 1.25. The van der Waals surface area contributed by atoms with Gasteiger partial charge in [-0.25, -0.2) is 4.79 Å². The van der Waals surface area contributed by atoms with Crippen molar-refractivity contribution in [3.05, 3.63) is 39.9 Å². The summed E-state index contributed by atoms with van der Waals surface area (Å²) in [6.07, 6.45) is 2.70. The molecule has 0 aliphatic carbocycles. The summed E-state index contributed by atoms with van der Waals surface area (Å²) in [5.74, 6) is 0.